The minimum absolute atomic E-state index is 0.373. The van der Waals surface area contributed by atoms with Gasteiger partial charge < -0.3 is 10.1 Å². The second-order valence-electron chi connectivity index (χ2n) is 4.43. The fourth-order valence-corrected chi connectivity index (χ4v) is 1.95. The van der Waals surface area contributed by atoms with Gasteiger partial charge in [-0.25, -0.2) is 9.59 Å². The van der Waals surface area contributed by atoms with Crippen molar-refractivity contribution in [3.05, 3.63) is 39.9 Å². The van der Waals surface area contributed by atoms with Crippen LogP contribution in [0.4, 0.5) is 4.79 Å². The molecule has 8 heteroatoms. The highest BCUT2D eigenvalue weighted by Gasteiger charge is 2.18. The maximum Gasteiger partial charge on any atom is 0.331 e. The predicted molar refractivity (Wildman–Crippen MR) is 88.3 cm³/mol. The Bertz CT molecular complexity index is 632. The van der Waals surface area contributed by atoms with Gasteiger partial charge in [-0.15, -0.1) is 0 Å². The third kappa shape index (κ3) is 6.71. The second kappa shape index (κ2) is 9.17. The largest absolute Gasteiger partial charge is 0.449 e. The lowest BCUT2D eigenvalue weighted by atomic mass is 10.2. The Morgan fingerprint density at radius 2 is 2.00 bits per heavy atom. The smallest absolute Gasteiger partial charge is 0.331 e. The summed E-state index contributed by atoms with van der Waals surface area (Å²) in [6.45, 7) is 3.44. The van der Waals surface area contributed by atoms with Crippen LogP contribution in [0.5, 0.6) is 0 Å². The van der Waals surface area contributed by atoms with Crippen LogP contribution in [0.25, 0.3) is 6.08 Å². The van der Waals surface area contributed by atoms with E-state index in [0.717, 1.165) is 6.08 Å². The molecule has 0 aliphatic heterocycles. The first-order valence-corrected chi connectivity index (χ1v) is 7.51. The van der Waals surface area contributed by atoms with Crippen molar-refractivity contribution in [3.8, 4) is 0 Å². The standard InChI is InChI=1S/C15H16Cl2N2O4/c1-3-18-15(22)19-14(21)9(2)23-13(20)7-5-10-4-6-11(16)8-12(10)17/h4-9H,3H2,1-2H3,(H2,18,19,21,22). The van der Waals surface area contributed by atoms with Crippen LogP contribution >= 0.6 is 23.2 Å². The number of hydrogen-bond acceptors (Lipinski definition) is 4. The summed E-state index contributed by atoms with van der Waals surface area (Å²) in [7, 11) is 0. The Morgan fingerprint density at radius 1 is 1.30 bits per heavy atom. The highest BCUT2D eigenvalue weighted by atomic mass is 35.5. The maximum atomic E-state index is 11.7. The summed E-state index contributed by atoms with van der Waals surface area (Å²) in [5, 5.41) is 5.30. The molecule has 0 spiro atoms. The molecule has 0 heterocycles. The predicted octanol–water partition coefficient (Wildman–Crippen LogP) is 2.78. The zero-order valence-electron chi connectivity index (χ0n) is 12.6. The Morgan fingerprint density at radius 3 is 2.61 bits per heavy atom. The van der Waals surface area contributed by atoms with Crippen LogP contribution in [0, 0.1) is 0 Å². The van der Waals surface area contributed by atoms with Gasteiger partial charge in [-0.2, -0.15) is 0 Å². The summed E-state index contributed by atoms with van der Waals surface area (Å²) in [4.78, 5) is 34.5. The number of nitrogens with one attached hydrogen (secondary N) is 2. The molecule has 6 nitrogen and oxygen atoms in total. The van der Waals surface area contributed by atoms with Crippen LogP contribution in [0.1, 0.15) is 19.4 Å². The molecular formula is C15H16Cl2N2O4. The molecule has 23 heavy (non-hydrogen) atoms. The summed E-state index contributed by atoms with van der Waals surface area (Å²) >= 11 is 11.7. The van der Waals surface area contributed by atoms with E-state index in [-0.39, 0.29) is 0 Å². The summed E-state index contributed by atoms with van der Waals surface area (Å²) in [6.07, 6.45) is 1.45. The SMILES string of the molecule is CCNC(=O)NC(=O)C(C)OC(=O)C=Cc1ccc(Cl)cc1Cl. The van der Waals surface area contributed by atoms with Gasteiger partial charge in [0, 0.05) is 22.7 Å². The third-order valence-electron chi connectivity index (χ3n) is 2.60. The van der Waals surface area contributed by atoms with Gasteiger partial charge in [-0.3, -0.25) is 10.1 Å². The minimum Gasteiger partial charge on any atom is -0.449 e. The maximum absolute atomic E-state index is 11.7. The molecule has 0 aromatic heterocycles. The number of carbonyl (C=O) groups excluding carboxylic acids is 3. The van der Waals surface area contributed by atoms with Crippen LogP contribution in [0.2, 0.25) is 10.0 Å². The van der Waals surface area contributed by atoms with E-state index >= 15 is 0 Å². The second-order valence-corrected chi connectivity index (χ2v) is 5.27. The number of esters is 1. The van der Waals surface area contributed by atoms with Crippen LogP contribution in [-0.2, 0) is 14.3 Å². The molecule has 0 aliphatic carbocycles. The molecule has 0 aliphatic rings. The van der Waals surface area contributed by atoms with Crippen LogP contribution in [0.3, 0.4) is 0 Å². The molecule has 2 N–H and O–H groups in total. The lowest BCUT2D eigenvalue weighted by Gasteiger charge is -2.11. The van der Waals surface area contributed by atoms with Gasteiger partial charge in [0.1, 0.15) is 0 Å². The van der Waals surface area contributed by atoms with Crippen molar-refractivity contribution in [2.75, 3.05) is 6.54 Å². The summed E-state index contributed by atoms with van der Waals surface area (Å²) in [6, 6.07) is 4.15. The highest BCUT2D eigenvalue weighted by Crippen LogP contribution is 2.21. The van der Waals surface area contributed by atoms with Crippen molar-refractivity contribution in [2.24, 2.45) is 0 Å². The number of amides is 3. The third-order valence-corrected chi connectivity index (χ3v) is 3.16. The topological polar surface area (TPSA) is 84.5 Å². The zero-order valence-corrected chi connectivity index (χ0v) is 14.1. The van der Waals surface area contributed by atoms with E-state index in [9.17, 15) is 14.4 Å². The van der Waals surface area contributed by atoms with Gasteiger partial charge >= 0.3 is 12.0 Å². The molecule has 0 saturated carbocycles. The van der Waals surface area contributed by atoms with E-state index in [1.807, 2.05) is 5.32 Å². The molecule has 1 rings (SSSR count). The molecule has 0 bridgehead atoms. The summed E-state index contributed by atoms with van der Waals surface area (Å²) in [5.41, 5.74) is 0.576. The van der Waals surface area contributed by atoms with Crippen molar-refractivity contribution < 1.29 is 19.1 Å². The van der Waals surface area contributed by atoms with Gasteiger partial charge in [-0.1, -0.05) is 29.3 Å². The van der Waals surface area contributed by atoms with Crippen LogP contribution in [-0.4, -0.2) is 30.6 Å². The van der Waals surface area contributed by atoms with E-state index in [1.54, 1.807) is 19.1 Å². The molecule has 0 fully saturated rings. The zero-order chi connectivity index (χ0) is 17.4. The van der Waals surface area contributed by atoms with Crippen LogP contribution < -0.4 is 10.6 Å². The summed E-state index contributed by atoms with van der Waals surface area (Å²) < 4.78 is 4.89. The van der Waals surface area contributed by atoms with E-state index in [4.69, 9.17) is 27.9 Å². The first-order valence-electron chi connectivity index (χ1n) is 6.76. The Labute approximate surface area is 143 Å². The minimum atomic E-state index is -1.12. The van der Waals surface area contributed by atoms with Crippen molar-refractivity contribution in [1.82, 2.24) is 10.6 Å². The Hall–Kier alpha value is -2.05. The molecule has 0 radical (unpaired) electrons. The highest BCUT2D eigenvalue weighted by molar-refractivity contribution is 6.35. The molecule has 1 aromatic rings. The van der Waals surface area contributed by atoms with Gasteiger partial charge in [0.2, 0.25) is 0 Å². The van der Waals surface area contributed by atoms with Gasteiger partial charge in [0.05, 0.1) is 0 Å². The number of ether oxygens (including phenoxy) is 1. The van der Waals surface area contributed by atoms with Crippen LogP contribution in [0.15, 0.2) is 24.3 Å². The fraction of sp³-hybridized carbons (Fsp3) is 0.267. The monoisotopic (exact) mass is 358 g/mol. The van der Waals surface area contributed by atoms with Crippen molar-refractivity contribution >= 4 is 47.2 Å². The number of urea groups is 1. The number of imide groups is 1. The summed E-state index contributed by atoms with van der Waals surface area (Å²) in [5.74, 6) is -1.46. The van der Waals surface area contributed by atoms with E-state index in [2.05, 4.69) is 5.32 Å². The normalized spacial score (nSPS) is 11.8. The molecule has 1 atom stereocenters. The van der Waals surface area contributed by atoms with Gasteiger partial charge in [0.15, 0.2) is 6.10 Å². The molecule has 0 saturated heterocycles. The Kier molecular flexibility index (Phi) is 7.57. The average Bonchev–Trinajstić information content (AvgIpc) is 2.46. The van der Waals surface area contributed by atoms with Gasteiger partial charge in [0.25, 0.3) is 5.91 Å². The number of benzene rings is 1. The lowest BCUT2D eigenvalue weighted by molar-refractivity contribution is -0.149. The number of carbonyl (C=O) groups is 3. The molecule has 124 valence electrons. The quantitative estimate of drug-likeness (QED) is 0.626. The van der Waals surface area contributed by atoms with Crippen molar-refractivity contribution in [1.29, 1.82) is 0 Å². The van der Waals surface area contributed by atoms with E-state index in [0.29, 0.717) is 22.2 Å². The van der Waals surface area contributed by atoms with Gasteiger partial charge in [-0.05, 0) is 37.6 Å². The molecule has 1 aromatic carbocycles. The number of hydrogen-bond donors (Lipinski definition) is 2. The number of halogens is 2. The van der Waals surface area contributed by atoms with E-state index in [1.165, 1.54) is 19.1 Å². The van der Waals surface area contributed by atoms with Crippen molar-refractivity contribution in [2.45, 2.75) is 20.0 Å². The first kappa shape index (κ1) is 19.0. The van der Waals surface area contributed by atoms with Crippen molar-refractivity contribution in [3.63, 3.8) is 0 Å². The lowest BCUT2D eigenvalue weighted by Crippen LogP contribution is -2.44. The molecular weight excluding hydrogens is 343 g/mol. The fourth-order valence-electron chi connectivity index (χ4n) is 1.48. The first-order chi connectivity index (χ1) is 10.8. The average molecular weight is 359 g/mol. The molecule has 3 amide bonds. The van der Waals surface area contributed by atoms with E-state index < -0.39 is 24.0 Å². The number of rotatable bonds is 5. The Balaban J connectivity index is 2.56. The molecule has 1 unspecified atom stereocenters.